The standard InChI is InChI=1S/C9H16O4.Zr/c1-3-5-8(10)7-9(11)13-12-6-4-2;/h3-7H2,1-2H3;. The molecular formula is C9H16O4Zr. The number of hydrogen-bond acceptors (Lipinski definition) is 4. The Morgan fingerprint density at radius 3 is 2.29 bits per heavy atom. The number of ketones is 1. The summed E-state index contributed by atoms with van der Waals surface area (Å²) in [5, 5.41) is 0. The van der Waals surface area contributed by atoms with E-state index in [1.807, 2.05) is 13.8 Å². The van der Waals surface area contributed by atoms with Gasteiger partial charge in [0.2, 0.25) is 0 Å². The van der Waals surface area contributed by atoms with Gasteiger partial charge in [0.15, 0.2) is 0 Å². The zero-order valence-electron chi connectivity index (χ0n) is 8.67. The van der Waals surface area contributed by atoms with Crippen LogP contribution in [-0.4, -0.2) is 18.4 Å². The average molecular weight is 279 g/mol. The van der Waals surface area contributed by atoms with Gasteiger partial charge in [-0.15, -0.1) is 0 Å². The zero-order valence-corrected chi connectivity index (χ0v) is 11.1. The van der Waals surface area contributed by atoms with Crippen LogP contribution in [0.2, 0.25) is 0 Å². The molecule has 0 rings (SSSR count). The van der Waals surface area contributed by atoms with Crippen molar-refractivity contribution < 1.29 is 45.6 Å². The van der Waals surface area contributed by atoms with Crippen LogP contribution in [0.4, 0.5) is 0 Å². The minimum atomic E-state index is -0.605. The Morgan fingerprint density at radius 2 is 1.79 bits per heavy atom. The molecule has 0 saturated carbocycles. The van der Waals surface area contributed by atoms with Crippen molar-refractivity contribution >= 4 is 11.8 Å². The fourth-order valence-electron chi connectivity index (χ4n) is 0.748. The van der Waals surface area contributed by atoms with Crippen LogP contribution in [0.1, 0.15) is 39.5 Å². The predicted molar refractivity (Wildman–Crippen MR) is 46.9 cm³/mol. The van der Waals surface area contributed by atoms with Crippen LogP contribution in [0, 0.1) is 0 Å². The number of carbonyl (C=O) groups excluding carboxylic acids is 2. The Morgan fingerprint density at radius 1 is 1.14 bits per heavy atom. The summed E-state index contributed by atoms with van der Waals surface area (Å²) < 4.78 is 0. The second-order valence-corrected chi connectivity index (χ2v) is 2.74. The maximum Gasteiger partial charge on any atom is 0.349 e. The molecule has 0 heterocycles. The maximum absolute atomic E-state index is 10.9. The van der Waals surface area contributed by atoms with E-state index in [2.05, 4.69) is 9.78 Å². The van der Waals surface area contributed by atoms with E-state index in [0.717, 1.165) is 12.8 Å². The Balaban J connectivity index is 0. The summed E-state index contributed by atoms with van der Waals surface area (Å²) >= 11 is 0. The van der Waals surface area contributed by atoms with Crippen LogP contribution >= 0.6 is 0 Å². The van der Waals surface area contributed by atoms with Gasteiger partial charge in [-0.25, -0.2) is 4.79 Å². The first-order valence-corrected chi connectivity index (χ1v) is 4.54. The molecule has 80 valence electrons. The number of Topliss-reactive ketones (excluding diaryl/α,β-unsaturated/α-hetero) is 1. The van der Waals surface area contributed by atoms with Crippen molar-refractivity contribution in [1.82, 2.24) is 0 Å². The van der Waals surface area contributed by atoms with E-state index in [9.17, 15) is 9.59 Å². The quantitative estimate of drug-likeness (QED) is 0.308. The molecule has 0 aromatic heterocycles. The van der Waals surface area contributed by atoms with Gasteiger partial charge in [0.05, 0.1) is 6.61 Å². The third-order valence-corrected chi connectivity index (χ3v) is 1.31. The normalized spacial score (nSPS) is 9.00. The van der Waals surface area contributed by atoms with Crippen LogP contribution in [0.3, 0.4) is 0 Å². The molecule has 0 aliphatic rings. The summed E-state index contributed by atoms with van der Waals surface area (Å²) in [4.78, 5) is 30.6. The van der Waals surface area contributed by atoms with E-state index in [0.29, 0.717) is 13.0 Å². The monoisotopic (exact) mass is 278 g/mol. The van der Waals surface area contributed by atoms with E-state index >= 15 is 0 Å². The molecule has 0 N–H and O–H groups in total. The van der Waals surface area contributed by atoms with Crippen LogP contribution in [0.5, 0.6) is 0 Å². The summed E-state index contributed by atoms with van der Waals surface area (Å²) in [5.74, 6) is -0.709. The maximum atomic E-state index is 10.9. The number of hydrogen-bond donors (Lipinski definition) is 0. The van der Waals surface area contributed by atoms with Crippen molar-refractivity contribution in [3.63, 3.8) is 0 Å². The molecule has 0 aromatic rings. The molecule has 0 aromatic carbocycles. The van der Waals surface area contributed by atoms with E-state index in [1.165, 1.54) is 0 Å². The van der Waals surface area contributed by atoms with Crippen molar-refractivity contribution in [2.45, 2.75) is 39.5 Å². The molecule has 0 unspecified atom stereocenters. The molecule has 0 radical (unpaired) electrons. The molecule has 14 heavy (non-hydrogen) atoms. The first-order chi connectivity index (χ1) is 6.20. The van der Waals surface area contributed by atoms with Crippen molar-refractivity contribution in [3.05, 3.63) is 0 Å². The van der Waals surface area contributed by atoms with Crippen LogP contribution in [0.15, 0.2) is 0 Å². The van der Waals surface area contributed by atoms with Crippen molar-refractivity contribution in [2.24, 2.45) is 0 Å². The van der Waals surface area contributed by atoms with Gasteiger partial charge in [0.1, 0.15) is 12.2 Å². The van der Waals surface area contributed by atoms with Gasteiger partial charge in [-0.3, -0.25) is 9.68 Å². The van der Waals surface area contributed by atoms with Gasteiger partial charge < -0.3 is 0 Å². The molecule has 0 fully saturated rings. The summed E-state index contributed by atoms with van der Waals surface area (Å²) in [6.45, 7) is 4.15. The molecule has 0 amide bonds. The van der Waals surface area contributed by atoms with Crippen LogP contribution in [-0.2, 0) is 45.6 Å². The van der Waals surface area contributed by atoms with Crippen LogP contribution in [0.25, 0.3) is 0 Å². The minimum Gasteiger partial charge on any atom is -0.299 e. The summed E-state index contributed by atoms with van der Waals surface area (Å²) in [5.41, 5.74) is 0. The number of rotatable bonds is 7. The fourth-order valence-corrected chi connectivity index (χ4v) is 0.748. The summed E-state index contributed by atoms with van der Waals surface area (Å²) in [7, 11) is 0. The number of carbonyl (C=O) groups is 2. The third-order valence-electron chi connectivity index (χ3n) is 1.31. The second kappa shape index (κ2) is 11.1. The molecule has 0 atom stereocenters. The van der Waals surface area contributed by atoms with Gasteiger partial charge in [0, 0.05) is 32.6 Å². The Bertz CT molecular complexity index is 170. The smallest absolute Gasteiger partial charge is 0.299 e. The molecule has 0 bridgehead atoms. The molecular weight excluding hydrogens is 263 g/mol. The van der Waals surface area contributed by atoms with Crippen molar-refractivity contribution in [2.75, 3.05) is 6.61 Å². The molecule has 4 nitrogen and oxygen atoms in total. The topological polar surface area (TPSA) is 52.6 Å². The van der Waals surface area contributed by atoms with Gasteiger partial charge in [-0.1, -0.05) is 13.8 Å². The molecule has 5 heteroatoms. The predicted octanol–water partition coefficient (Wildman–Crippen LogP) is 1.63. The first kappa shape index (κ1) is 16.4. The average Bonchev–Trinajstić information content (AvgIpc) is 2.05. The van der Waals surface area contributed by atoms with Crippen molar-refractivity contribution in [1.29, 1.82) is 0 Å². The van der Waals surface area contributed by atoms with Crippen LogP contribution < -0.4 is 0 Å². The van der Waals surface area contributed by atoms with E-state index in [1.54, 1.807) is 0 Å². The molecule has 0 aliphatic carbocycles. The van der Waals surface area contributed by atoms with Gasteiger partial charge in [0.25, 0.3) is 0 Å². The Labute approximate surface area is 103 Å². The van der Waals surface area contributed by atoms with Gasteiger partial charge in [-0.2, -0.15) is 4.89 Å². The molecule has 0 aliphatic heterocycles. The van der Waals surface area contributed by atoms with Gasteiger partial charge in [-0.05, 0) is 12.8 Å². The first-order valence-electron chi connectivity index (χ1n) is 4.54. The molecule has 0 saturated heterocycles. The van der Waals surface area contributed by atoms with Crippen molar-refractivity contribution in [3.8, 4) is 0 Å². The Hall–Kier alpha value is -0.0169. The summed E-state index contributed by atoms with van der Waals surface area (Å²) in [6.07, 6.45) is 1.76. The van der Waals surface area contributed by atoms with Gasteiger partial charge >= 0.3 is 5.97 Å². The zero-order chi connectivity index (χ0) is 10.1. The van der Waals surface area contributed by atoms with E-state index in [-0.39, 0.29) is 38.4 Å². The largest absolute Gasteiger partial charge is 0.349 e. The van der Waals surface area contributed by atoms with E-state index < -0.39 is 5.97 Å². The minimum absolute atomic E-state index is 0. The summed E-state index contributed by atoms with van der Waals surface area (Å²) in [6, 6.07) is 0. The SMILES string of the molecule is CCCOOC(=O)CC(=O)CCC.[Zr]. The van der Waals surface area contributed by atoms with E-state index in [4.69, 9.17) is 0 Å². The third kappa shape index (κ3) is 10.1. The molecule has 0 spiro atoms. The fraction of sp³-hybridized carbons (Fsp3) is 0.778. The Kier molecular flexibility index (Phi) is 13.0. The second-order valence-electron chi connectivity index (χ2n) is 2.74.